The number of rotatable bonds is 3. The minimum atomic E-state index is -4.44. The average Bonchev–Trinajstić information content (AvgIpc) is 3.15. The zero-order valence-corrected chi connectivity index (χ0v) is 14.6. The summed E-state index contributed by atoms with van der Waals surface area (Å²) in [7, 11) is 0. The van der Waals surface area contributed by atoms with Crippen LogP contribution in [-0.4, -0.2) is 35.0 Å². The molecule has 9 heteroatoms. The van der Waals surface area contributed by atoms with E-state index in [0.29, 0.717) is 24.4 Å². The molecule has 4 nitrogen and oxygen atoms in total. The van der Waals surface area contributed by atoms with Crippen LogP contribution in [0.1, 0.15) is 21.7 Å². The summed E-state index contributed by atoms with van der Waals surface area (Å²) in [5.74, 6) is -0.184. The van der Waals surface area contributed by atoms with Crippen LogP contribution in [0.4, 0.5) is 13.2 Å². The van der Waals surface area contributed by atoms with Crippen molar-refractivity contribution >= 4 is 33.2 Å². The molecular formula is C15H12BrF3N2O2S. The molecule has 1 atom stereocenters. The molecule has 3 rings (SSSR count). The van der Waals surface area contributed by atoms with Crippen molar-refractivity contribution in [2.75, 3.05) is 13.1 Å². The van der Waals surface area contributed by atoms with Gasteiger partial charge in [-0.1, -0.05) is 0 Å². The summed E-state index contributed by atoms with van der Waals surface area (Å²) in [6.07, 6.45) is -3.19. The van der Waals surface area contributed by atoms with Crippen molar-refractivity contribution in [3.05, 3.63) is 44.7 Å². The number of hydrogen-bond acceptors (Lipinski definition) is 4. The molecule has 0 radical (unpaired) electrons. The van der Waals surface area contributed by atoms with Gasteiger partial charge in [-0.25, -0.2) is 4.98 Å². The zero-order chi connectivity index (χ0) is 17.3. The monoisotopic (exact) mass is 420 g/mol. The number of alkyl halides is 3. The van der Waals surface area contributed by atoms with E-state index in [1.165, 1.54) is 11.3 Å². The van der Waals surface area contributed by atoms with Crippen molar-refractivity contribution < 1.29 is 22.7 Å². The third-order valence-corrected chi connectivity index (χ3v) is 5.24. The maximum atomic E-state index is 12.7. The van der Waals surface area contributed by atoms with Gasteiger partial charge in [-0.2, -0.15) is 13.2 Å². The van der Waals surface area contributed by atoms with E-state index in [9.17, 15) is 18.0 Å². The molecule has 0 N–H and O–H groups in total. The van der Waals surface area contributed by atoms with Crippen LogP contribution in [0.3, 0.4) is 0 Å². The third-order valence-electron chi connectivity index (χ3n) is 3.56. The third kappa shape index (κ3) is 3.89. The summed E-state index contributed by atoms with van der Waals surface area (Å²) < 4.78 is 44.5. The Labute approximate surface area is 148 Å². The fraction of sp³-hybridized carbons (Fsp3) is 0.333. The van der Waals surface area contributed by atoms with Crippen LogP contribution >= 0.6 is 27.3 Å². The van der Waals surface area contributed by atoms with Gasteiger partial charge in [0.05, 0.1) is 17.0 Å². The van der Waals surface area contributed by atoms with E-state index in [1.807, 2.05) is 5.38 Å². The molecule has 128 valence electrons. The largest absolute Gasteiger partial charge is 0.472 e. The summed E-state index contributed by atoms with van der Waals surface area (Å²) in [6, 6.07) is 3.52. The van der Waals surface area contributed by atoms with E-state index < -0.39 is 11.7 Å². The van der Waals surface area contributed by atoms with Crippen LogP contribution in [0.25, 0.3) is 0 Å². The molecule has 1 saturated heterocycles. The zero-order valence-electron chi connectivity index (χ0n) is 12.2. The van der Waals surface area contributed by atoms with Crippen molar-refractivity contribution in [3.63, 3.8) is 0 Å². The highest BCUT2D eigenvalue weighted by molar-refractivity contribution is 9.10. The van der Waals surface area contributed by atoms with Gasteiger partial charge >= 0.3 is 6.18 Å². The Bertz CT molecular complexity index is 750. The van der Waals surface area contributed by atoms with Gasteiger partial charge in [-0.05, 0) is 28.1 Å². The second-order valence-electron chi connectivity index (χ2n) is 5.29. The van der Waals surface area contributed by atoms with Crippen molar-refractivity contribution in [2.24, 2.45) is 0 Å². The first-order chi connectivity index (χ1) is 11.3. The van der Waals surface area contributed by atoms with Gasteiger partial charge in [0.15, 0.2) is 0 Å². The molecule has 1 aliphatic heterocycles. The lowest BCUT2D eigenvalue weighted by molar-refractivity contribution is -0.137. The fourth-order valence-corrected chi connectivity index (χ4v) is 3.80. The Kier molecular flexibility index (Phi) is 4.82. The highest BCUT2D eigenvalue weighted by atomic mass is 79.9. The number of carbonyl (C=O) groups is 1. The molecule has 1 aliphatic rings. The van der Waals surface area contributed by atoms with E-state index in [1.54, 1.807) is 11.0 Å². The van der Waals surface area contributed by atoms with Gasteiger partial charge in [0.2, 0.25) is 5.88 Å². The van der Waals surface area contributed by atoms with Gasteiger partial charge < -0.3 is 9.64 Å². The molecule has 0 aliphatic carbocycles. The van der Waals surface area contributed by atoms with Crippen molar-refractivity contribution in [1.29, 1.82) is 0 Å². The molecule has 3 heterocycles. The SMILES string of the molecule is O=C(c1cc(Br)cs1)N1CCC(Oc2cc(C(F)(F)F)ccn2)C1. The number of thiophene rings is 1. The highest BCUT2D eigenvalue weighted by Crippen LogP contribution is 2.31. The molecule has 0 spiro atoms. The summed E-state index contributed by atoms with van der Waals surface area (Å²) >= 11 is 4.64. The molecule has 2 aromatic rings. The van der Waals surface area contributed by atoms with Crippen molar-refractivity contribution in [2.45, 2.75) is 18.7 Å². The van der Waals surface area contributed by atoms with E-state index in [4.69, 9.17) is 4.74 Å². The molecule has 0 bridgehead atoms. The molecular weight excluding hydrogens is 409 g/mol. The van der Waals surface area contributed by atoms with Crippen LogP contribution < -0.4 is 4.74 Å². The Morgan fingerprint density at radius 1 is 1.42 bits per heavy atom. The highest BCUT2D eigenvalue weighted by Gasteiger charge is 2.32. The normalized spacial score (nSPS) is 18.0. The summed E-state index contributed by atoms with van der Waals surface area (Å²) in [5.41, 5.74) is -0.804. The number of nitrogens with zero attached hydrogens (tertiary/aromatic N) is 2. The number of ether oxygens (including phenoxy) is 1. The lowest BCUT2D eigenvalue weighted by Crippen LogP contribution is -2.30. The standard InChI is InChI=1S/C15H12BrF3N2O2S/c16-10-6-12(24-8-10)14(22)21-4-2-11(7-21)23-13-5-9(1-3-20-13)15(17,18)19/h1,3,5-6,8,11H,2,4,7H2. The minimum absolute atomic E-state index is 0.0806. The summed E-state index contributed by atoms with van der Waals surface area (Å²) in [6.45, 7) is 0.824. The first-order valence-corrected chi connectivity index (χ1v) is 8.73. The smallest absolute Gasteiger partial charge is 0.416 e. The van der Waals surface area contributed by atoms with Gasteiger partial charge in [-0.15, -0.1) is 11.3 Å². The Morgan fingerprint density at radius 2 is 2.21 bits per heavy atom. The average molecular weight is 421 g/mol. The maximum Gasteiger partial charge on any atom is 0.416 e. The molecule has 1 fully saturated rings. The molecule has 24 heavy (non-hydrogen) atoms. The summed E-state index contributed by atoms with van der Waals surface area (Å²) in [5, 5.41) is 1.82. The predicted octanol–water partition coefficient (Wildman–Crippen LogP) is 4.22. The molecule has 1 amide bonds. The molecule has 0 aromatic carbocycles. The second kappa shape index (κ2) is 6.72. The van der Waals surface area contributed by atoms with E-state index in [2.05, 4.69) is 20.9 Å². The van der Waals surface area contributed by atoms with Crippen LogP contribution in [0, 0.1) is 0 Å². The number of aromatic nitrogens is 1. The minimum Gasteiger partial charge on any atom is -0.472 e. The Balaban J connectivity index is 1.63. The van der Waals surface area contributed by atoms with Crippen LogP contribution in [-0.2, 0) is 6.18 Å². The number of amides is 1. The number of likely N-dealkylation sites (tertiary alicyclic amines) is 1. The number of halogens is 4. The van der Waals surface area contributed by atoms with Crippen LogP contribution in [0.15, 0.2) is 34.2 Å². The number of hydrogen-bond donors (Lipinski definition) is 0. The van der Waals surface area contributed by atoms with Gasteiger partial charge in [-0.3, -0.25) is 4.79 Å². The molecule has 1 unspecified atom stereocenters. The first kappa shape index (κ1) is 17.2. The van der Waals surface area contributed by atoms with Gasteiger partial charge in [0, 0.05) is 35.1 Å². The first-order valence-electron chi connectivity index (χ1n) is 7.06. The topological polar surface area (TPSA) is 42.4 Å². The van der Waals surface area contributed by atoms with Crippen LogP contribution in [0.5, 0.6) is 5.88 Å². The summed E-state index contributed by atoms with van der Waals surface area (Å²) in [4.78, 5) is 18.4. The lowest BCUT2D eigenvalue weighted by atomic mass is 10.2. The van der Waals surface area contributed by atoms with E-state index >= 15 is 0 Å². The van der Waals surface area contributed by atoms with E-state index in [0.717, 1.165) is 22.8 Å². The van der Waals surface area contributed by atoms with Crippen LogP contribution in [0.2, 0.25) is 0 Å². The lowest BCUT2D eigenvalue weighted by Gasteiger charge is -2.16. The van der Waals surface area contributed by atoms with Gasteiger partial charge in [0.1, 0.15) is 6.10 Å². The van der Waals surface area contributed by atoms with Crippen molar-refractivity contribution in [1.82, 2.24) is 9.88 Å². The van der Waals surface area contributed by atoms with Gasteiger partial charge in [0.25, 0.3) is 5.91 Å². The quantitative estimate of drug-likeness (QED) is 0.746. The fourth-order valence-electron chi connectivity index (χ4n) is 2.41. The maximum absolute atomic E-state index is 12.7. The molecule has 0 saturated carbocycles. The van der Waals surface area contributed by atoms with Crippen molar-refractivity contribution in [3.8, 4) is 5.88 Å². The number of pyridine rings is 1. The number of carbonyl (C=O) groups excluding carboxylic acids is 1. The second-order valence-corrected chi connectivity index (χ2v) is 7.12. The Hall–Kier alpha value is -1.61. The molecule has 2 aromatic heterocycles. The Morgan fingerprint density at radius 3 is 2.88 bits per heavy atom. The van der Waals surface area contributed by atoms with E-state index in [-0.39, 0.29) is 17.9 Å². The predicted molar refractivity (Wildman–Crippen MR) is 86.2 cm³/mol.